The van der Waals surface area contributed by atoms with Gasteiger partial charge in [-0.2, -0.15) is 0 Å². The lowest BCUT2D eigenvalue weighted by atomic mass is 9.49. The second-order valence-corrected chi connectivity index (χ2v) is 9.60. The van der Waals surface area contributed by atoms with E-state index in [-0.39, 0.29) is 0 Å². The van der Waals surface area contributed by atoms with E-state index in [1.54, 1.807) is 0 Å². The lowest BCUT2D eigenvalue weighted by Gasteiger charge is -2.56. The molecule has 2 nitrogen and oxygen atoms in total. The second-order valence-electron chi connectivity index (χ2n) is 8.81. The molecule has 5 fully saturated rings. The number of hydrogen-bond donors (Lipinski definition) is 1. The Hall–Kier alpha value is -0.0500. The summed E-state index contributed by atoms with van der Waals surface area (Å²) < 4.78 is 0. The van der Waals surface area contributed by atoms with Gasteiger partial charge in [0.2, 0.25) is 5.91 Å². The van der Waals surface area contributed by atoms with Gasteiger partial charge < -0.3 is 5.32 Å². The lowest BCUT2D eigenvalue weighted by Crippen LogP contribution is -2.48. The fourth-order valence-corrected chi connectivity index (χ4v) is 6.93. The fourth-order valence-electron chi connectivity index (χ4n) is 6.09. The summed E-state index contributed by atoms with van der Waals surface area (Å²) in [6.07, 6.45) is 13.1. The highest BCUT2D eigenvalue weighted by molar-refractivity contribution is 9.09. The van der Waals surface area contributed by atoms with Gasteiger partial charge in [0.05, 0.1) is 0 Å². The number of carbonyl (C=O) groups excluding carboxylic acids is 1. The van der Waals surface area contributed by atoms with Crippen LogP contribution in [0.15, 0.2) is 0 Å². The van der Waals surface area contributed by atoms with Crippen molar-refractivity contribution in [1.82, 2.24) is 5.32 Å². The van der Waals surface area contributed by atoms with Crippen molar-refractivity contribution >= 4 is 21.8 Å². The number of alkyl halides is 1. The van der Waals surface area contributed by atoms with Crippen LogP contribution in [0.5, 0.6) is 0 Å². The molecule has 5 aliphatic carbocycles. The number of hydrogen-bond acceptors (Lipinski definition) is 1. The molecule has 118 valence electrons. The zero-order chi connectivity index (χ0) is 14.5. The number of nitrogens with one attached hydrogen (secondary N) is 1. The summed E-state index contributed by atoms with van der Waals surface area (Å²) in [5.74, 6) is 3.20. The highest BCUT2D eigenvalue weighted by Gasteiger charge is 2.51. The molecule has 0 aromatic carbocycles. The molecule has 0 radical (unpaired) electrons. The Morgan fingerprint density at radius 1 is 1.05 bits per heavy atom. The maximum absolute atomic E-state index is 12.5. The van der Waals surface area contributed by atoms with E-state index in [4.69, 9.17) is 0 Å². The number of carbonyl (C=O) groups is 1. The molecule has 4 bridgehead atoms. The first-order chi connectivity index (χ1) is 10.1. The summed E-state index contributed by atoms with van der Waals surface area (Å²) in [4.78, 5) is 12.5. The van der Waals surface area contributed by atoms with Crippen LogP contribution in [-0.4, -0.2) is 17.8 Å². The van der Waals surface area contributed by atoms with Crippen molar-refractivity contribution in [3.05, 3.63) is 0 Å². The molecule has 5 aliphatic rings. The zero-order valence-electron chi connectivity index (χ0n) is 13.0. The molecule has 5 saturated carbocycles. The van der Waals surface area contributed by atoms with Crippen LogP contribution in [0.1, 0.15) is 64.2 Å². The first-order valence-electron chi connectivity index (χ1n) is 8.93. The van der Waals surface area contributed by atoms with Gasteiger partial charge >= 0.3 is 0 Å². The third kappa shape index (κ3) is 2.92. The highest BCUT2D eigenvalue weighted by Crippen LogP contribution is 2.61. The second kappa shape index (κ2) is 5.25. The quantitative estimate of drug-likeness (QED) is 0.709. The van der Waals surface area contributed by atoms with E-state index in [2.05, 4.69) is 21.2 Å². The first-order valence-corrected chi connectivity index (χ1v) is 10.1. The number of halogens is 1. The molecule has 0 spiro atoms. The van der Waals surface area contributed by atoms with Crippen LogP contribution in [0.3, 0.4) is 0 Å². The third-order valence-corrected chi connectivity index (χ3v) is 7.34. The van der Waals surface area contributed by atoms with Crippen molar-refractivity contribution < 1.29 is 4.79 Å². The van der Waals surface area contributed by atoms with Crippen molar-refractivity contribution in [1.29, 1.82) is 0 Å². The van der Waals surface area contributed by atoms with E-state index in [1.165, 1.54) is 57.8 Å². The molecule has 0 atom stereocenters. The average Bonchev–Trinajstić information content (AvgIpc) is 3.15. The zero-order valence-corrected chi connectivity index (χ0v) is 14.6. The summed E-state index contributed by atoms with van der Waals surface area (Å²) >= 11 is 3.54. The molecule has 1 amide bonds. The number of rotatable bonds is 6. The summed E-state index contributed by atoms with van der Waals surface area (Å²) in [5, 5.41) is 4.35. The highest BCUT2D eigenvalue weighted by atomic mass is 79.9. The monoisotopic (exact) mass is 353 g/mol. The van der Waals surface area contributed by atoms with Gasteiger partial charge in [-0.15, -0.1) is 0 Å². The molecular weight excluding hydrogens is 326 g/mol. The van der Waals surface area contributed by atoms with Crippen LogP contribution in [0.2, 0.25) is 0 Å². The Morgan fingerprint density at radius 2 is 1.62 bits per heavy atom. The summed E-state index contributed by atoms with van der Waals surface area (Å²) in [7, 11) is 0. The molecule has 0 saturated heterocycles. The van der Waals surface area contributed by atoms with E-state index in [0.29, 0.717) is 16.7 Å². The molecule has 1 N–H and O–H groups in total. The molecule has 0 heterocycles. The largest absolute Gasteiger partial charge is 0.356 e. The van der Waals surface area contributed by atoms with Crippen LogP contribution >= 0.6 is 15.9 Å². The van der Waals surface area contributed by atoms with Crippen molar-refractivity contribution in [2.75, 3.05) is 11.9 Å². The topological polar surface area (TPSA) is 29.1 Å². The van der Waals surface area contributed by atoms with Gasteiger partial charge in [0.25, 0.3) is 0 Å². The minimum atomic E-state index is 0.345. The van der Waals surface area contributed by atoms with Crippen LogP contribution in [0.4, 0.5) is 0 Å². The van der Waals surface area contributed by atoms with Gasteiger partial charge in [0.1, 0.15) is 0 Å². The standard InChI is InChI=1S/C18H28BrNO/c19-4-3-17(1-2-17)12-20-16(21)11-18-8-13-5-14(9-18)7-15(6-13)10-18/h13-15H,1-12H2,(H,20,21). The summed E-state index contributed by atoms with van der Waals surface area (Å²) in [5.41, 5.74) is 0.839. The normalized spacial score (nSPS) is 42.0. The van der Waals surface area contributed by atoms with Crippen LogP contribution in [-0.2, 0) is 4.79 Å². The van der Waals surface area contributed by atoms with Gasteiger partial charge in [0, 0.05) is 18.3 Å². The van der Waals surface area contributed by atoms with Crippen molar-refractivity contribution in [2.45, 2.75) is 64.2 Å². The van der Waals surface area contributed by atoms with Crippen LogP contribution in [0.25, 0.3) is 0 Å². The SMILES string of the molecule is O=C(CC12CC3CC(CC(C3)C1)C2)NCC1(CCBr)CC1. The van der Waals surface area contributed by atoms with Gasteiger partial charge in [0.15, 0.2) is 0 Å². The van der Waals surface area contributed by atoms with Crippen LogP contribution < -0.4 is 5.32 Å². The summed E-state index contributed by atoms with van der Waals surface area (Å²) in [6, 6.07) is 0. The molecule has 0 unspecified atom stereocenters. The van der Waals surface area contributed by atoms with Crippen molar-refractivity contribution in [3.8, 4) is 0 Å². The molecular formula is C18H28BrNO. The molecule has 21 heavy (non-hydrogen) atoms. The molecule has 0 aliphatic heterocycles. The molecule has 0 aromatic heterocycles. The van der Waals surface area contributed by atoms with Crippen molar-refractivity contribution in [2.24, 2.45) is 28.6 Å². The molecule has 5 rings (SSSR count). The van der Waals surface area contributed by atoms with E-state index in [1.807, 2.05) is 0 Å². The predicted molar refractivity (Wildman–Crippen MR) is 88.3 cm³/mol. The number of amides is 1. The van der Waals surface area contributed by atoms with E-state index < -0.39 is 0 Å². The Morgan fingerprint density at radius 3 is 2.10 bits per heavy atom. The minimum Gasteiger partial charge on any atom is -0.356 e. The van der Waals surface area contributed by atoms with E-state index >= 15 is 0 Å². The first kappa shape index (κ1) is 14.5. The van der Waals surface area contributed by atoms with Crippen molar-refractivity contribution in [3.63, 3.8) is 0 Å². The molecule has 3 heteroatoms. The Labute approximate surface area is 136 Å². The van der Waals surface area contributed by atoms with E-state index in [9.17, 15) is 4.79 Å². The van der Waals surface area contributed by atoms with E-state index in [0.717, 1.165) is 36.0 Å². The maximum atomic E-state index is 12.5. The average molecular weight is 354 g/mol. The van der Waals surface area contributed by atoms with Gasteiger partial charge in [-0.3, -0.25) is 4.79 Å². The maximum Gasteiger partial charge on any atom is 0.220 e. The van der Waals surface area contributed by atoms with Gasteiger partial charge in [-0.05, 0) is 86.4 Å². The Bertz CT molecular complexity index is 394. The minimum absolute atomic E-state index is 0.345. The smallest absolute Gasteiger partial charge is 0.220 e. The Balaban J connectivity index is 1.32. The third-order valence-electron chi connectivity index (χ3n) is 6.94. The Kier molecular flexibility index (Phi) is 3.63. The predicted octanol–water partition coefficient (Wildman–Crippen LogP) is 4.27. The van der Waals surface area contributed by atoms with Gasteiger partial charge in [-0.1, -0.05) is 15.9 Å². The molecule has 0 aromatic rings. The lowest BCUT2D eigenvalue weighted by molar-refractivity contribution is -0.129. The van der Waals surface area contributed by atoms with Crippen LogP contribution in [0, 0.1) is 28.6 Å². The van der Waals surface area contributed by atoms with Gasteiger partial charge in [-0.25, -0.2) is 0 Å². The fraction of sp³-hybridized carbons (Fsp3) is 0.944. The summed E-state index contributed by atoms with van der Waals surface area (Å²) in [6.45, 7) is 0.920.